The maximum atomic E-state index is 4.47. The van der Waals surface area contributed by atoms with Gasteiger partial charge in [-0.2, -0.15) is 0 Å². The largest absolute Gasteiger partial charge is 0.346 e. The number of aromatic amines is 1. The van der Waals surface area contributed by atoms with E-state index in [-0.39, 0.29) is 0 Å². The van der Waals surface area contributed by atoms with Crippen molar-refractivity contribution in [2.75, 3.05) is 6.54 Å². The summed E-state index contributed by atoms with van der Waals surface area (Å²) < 4.78 is 0. The highest BCUT2D eigenvalue weighted by atomic mass is 14.9. The van der Waals surface area contributed by atoms with Gasteiger partial charge in [-0.3, -0.25) is 0 Å². The molecule has 0 bridgehead atoms. The standard InChI is InChI=1S/C13H16N4/c1-8-6-15-13-11(8)12(16-7-17-13)10-3-4-14-9(2)5-10/h5-7,9,14H,3-4H2,1-2H3,(H,15,16,17). The highest BCUT2D eigenvalue weighted by Gasteiger charge is 2.16. The average Bonchev–Trinajstić information content (AvgIpc) is 2.71. The van der Waals surface area contributed by atoms with Crippen molar-refractivity contribution >= 4 is 16.6 Å². The van der Waals surface area contributed by atoms with Gasteiger partial charge in [0.2, 0.25) is 0 Å². The van der Waals surface area contributed by atoms with Crippen LogP contribution in [0.25, 0.3) is 16.6 Å². The van der Waals surface area contributed by atoms with Crippen molar-refractivity contribution < 1.29 is 0 Å². The predicted molar refractivity (Wildman–Crippen MR) is 68.7 cm³/mol. The Morgan fingerprint density at radius 3 is 3.06 bits per heavy atom. The predicted octanol–water partition coefficient (Wildman–Crippen LogP) is 2.03. The number of hydrogen-bond donors (Lipinski definition) is 2. The van der Waals surface area contributed by atoms with Crippen LogP contribution < -0.4 is 5.32 Å². The molecule has 2 N–H and O–H groups in total. The van der Waals surface area contributed by atoms with E-state index in [4.69, 9.17) is 0 Å². The number of nitrogens with one attached hydrogen (secondary N) is 2. The van der Waals surface area contributed by atoms with E-state index in [1.54, 1.807) is 6.33 Å². The minimum absolute atomic E-state index is 0.419. The third kappa shape index (κ3) is 1.74. The van der Waals surface area contributed by atoms with Crippen LogP contribution in [0, 0.1) is 6.92 Å². The summed E-state index contributed by atoms with van der Waals surface area (Å²) in [7, 11) is 0. The Labute approximate surface area is 100 Å². The zero-order valence-electron chi connectivity index (χ0n) is 10.1. The summed E-state index contributed by atoms with van der Waals surface area (Å²) in [5.41, 5.74) is 4.55. The van der Waals surface area contributed by atoms with Crippen molar-refractivity contribution in [3.05, 3.63) is 29.9 Å². The molecule has 1 aliphatic rings. The number of nitrogens with zero attached hydrogens (tertiary/aromatic N) is 2. The molecule has 0 fully saturated rings. The lowest BCUT2D eigenvalue weighted by atomic mass is 9.99. The fourth-order valence-electron chi connectivity index (χ4n) is 2.44. The van der Waals surface area contributed by atoms with Gasteiger partial charge >= 0.3 is 0 Å². The highest BCUT2D eigenvalue weighted by Crippen LogP contribution is 2.27. The molecule has 0 saturated heterocycles. The molecular weight excluding hydrogens is 212 g/mol. The average molecular weight is 228 g/mol. The lowest BCUT2D eigenvalue weighted by Crippen LogP contribution is -2.29. The lowest BCUT2D eigenvalue weighted by Gasteiger charge is -2.19. The first kappa shape index (κ1) is 10.5. The smallest absolute Gasteiger partial charge is 0.141 e. The number of fused-ring (bicyclic) bond motifs is 1. The van der Waals surface area contributed by atoms with Gasteiger partial charge in [0.25, 0.3) is 0 Å². The van der Waals surface area contributed by atoms with Crippen LogP contribution in [0.1, 0.15) is 24.6 Å². The van der Waals surface area contributed by atoms with Crippen molar-refractivity contribution in [1.29, 1.82) is 0 Å². The van der Waals surface area contributed by atoms with Crippen molar-refractivity contribution in [2.45, 2.75) is 26.3 Å². The highest BCUT2D eigenvalue weighted by molar-refractivity contribution is 5.90. The summed E-state index contributed by atoms with van der Waals surface area (Å²) >= 11 is 0. The van der Waals surface area contributed by atoms with Crippen LogP contribution in [0.2, 0.25) is 0 Å². The summed E-state index contributed by atoms with van der Waals surface area (Å²) in [5.74, 6) is 0. The molecule has 0 saturated carbocycles. The molecule has 1 atom stereocenters. The molecule has 17 heavy (non-hydrogen) atoms. The van der Waals surface area contributed by atoms with Crippen molar-refractivity contribution in [3.63, 3.8) is 0 Å². The van der Waals surface area contributed by atoms with Gasteiger partial charge < -0.3 is 10.3 Å². The van der Waals surface area contributed by atoms with Gasteiger partial charge in [-0.25, -0.2) is 9.97 Å². The molecule has 4 heteroatoms. The summed E-state index contributed by atoms with van der Waals surface area (Å²) in [4.78, 5) is 11.9. The topological polar surface area (TPSA) is 53.6 Å². The van der Waals surface area contributed by atoms with Crippen LogP contribution in [0.4, 0.5) is 0 Å². The SMILES string of the molecule is Cc1c[nH]c2ncnc(C3=CC(C)NCC3)c12. The number of H-pyrrole nitrogens is 1. The Hall–Kier alpha value is -1.68. The molecule has 0 aliphatic carbocycles. The van der Waals surface area contributed by atoms with Crippen LogP contribution in [0.5, 0.6) is 0 Å². The summed E-state index contributed by atoms with van der Waals surface area (Å²) in [6.07, 6.45) is 6.92. The fraction of sp³-hybridized carbons (Fsp3) is 0.385. The minimum atomic E-state index is 0.419. The molecule has 88 valence electrons. The Morgan fingerprint density at radius 1 is 1.35 bits per heavy atom. The van der Waals surface area contributed by atoms with E-state index < -0.39 is 0 Å². The molecule has 1 aliphatic heterocycles. The van der Waals surface area contributed by atoms with Gasteiger partial charge in [-0.05, 0) is 37.9 Å². The summed E-state index contributed by atoms with van der Waals surface area (Å²) in [5, 5.41) is 4.57. The normalized spacial score (nSPS) is 20.6. The third-order valence-corrected chi connectivity index (χ3v) is 3.28. The zero-order valence-corrected chi connectivity index (χ0v) is 10.1. The van der Waals surface area contributed by atoms with Crippen molar-refractivity contribution in [2.24, 2.45) is 0 Å². The van der Waals surface area contributed by atoms with E-state index in [1.165, 1.54) is 11.1 Å². The Balaban J connectivity index is 2.20. The van der Waals surface area contributed by atoms with Gasteiger partial charge in [0.15, 0.2) is 0 Å². The molecule has 0 aromatic carbocycles. The third-order valence-electron chi connectivity index (χ3n) is 3.28. The Kier molecular flexibility index (Phi) is 2.44. The van der Waals surface area contributed by atoms with Crippen LogP contribution >= 0.6 is 0 Å². The minimum Gasteiger partial charge on any atom is -0.346 e. The summed E-state index contributed by atoms with van der Waals surface area (Å²) in [6.45, 7) is 5.28. The first-order chi connectivity index (χ1) is 8.25. The molecule has 0 radical (unpaired) electrons. The molecule has 3 rings (SSSR count). The first-order valence-corrected chi connectivity index (χ1v) is 5.99. The van der Waals surface area contributed by atoms with Gasteiger partial charge in [-0.1, -0.05) is 6.08 Å². The maximum Gasteiger partial charge on any atom is 0.141 e. The molecule has 2 aromatic rings. The van der Waals surface area contributed by atoms with E-state index >= 15 is 0 Å². The second-order valence-electron chi connectivity index (χ2n) is 4.60. The van der Waals surface area contributed by atoms with Crippen LogP contribution in [0.3, 0.4) is 0 Å². The second kappa shape index (κ2) is 3.96. The van der Waals surface area contributed by atoms with E-state index in [0.717, 1.165) is 29.7 Å². The Bertz CT molecular complexity index is 582. The van der Waals surface area contributed by atoms with Crippen molar-refractivity contribution in [3.8, 4) is 0 Å². The van der Waals surface area contributed by atoms with E-state index in [9.17, 15) is 0 Å². The van der Waals surface area contributed by atoms with Gasteiger partial charge in [-0.15, -0.1) is 0 Å². The van der Waals surface area contributed by atoms with Gasteiger partial charge in [0.1, 0.15) is 12.0 Å². The van der Waals surface area contributed by atoms with Crippen LogP contribution in [-0.4, -0.2) is 27.5 Å². The van der Waals surface area contributed by atoms with Gasteiger partial charge in [0.05, 0.1) is 5.69 Å². The van der Waals surface area contributed by atoms with E-state index in [1.807, 2.05) is 6.20 Å². The molecule has 2 aromatic heterocycles. The molecule has 3 heterocycles. The monoisotopic (exact) mass is 228 g/mol. The molecule has 4 nitrogen and oxygen atoms in total. The fourth-order valence-corrected chi connectivity index (χ4v) is 2.44. The van der Waals surface area contributed by atoms with E-state index in [2.05, 4.69) is 40.2 Å². The lowest BCUT2D eigenvalue weighted by molar-refractivity contribution is 0.620. The van der Waals surface area contributed by atoms with Crippen LogP contribution in [-0.2, 0) is 0 Å². The molecule has 0 amide bonds. The summed E-state index contributed by atoms with van der Waals surface area (Å²) in [6, 6.07) is 0.419. The van der Waals surface area contributed by atoms with Crippen LogP contribution in [0.15, 0.2) is 18.6 Å². The molecule has 1 unspecified atom stereocenters. The van der Waals surface area contributed by atoms with E-state index in [0.29, 0.717) is 6.04 Å². The maximum absolute atomic E-state index is 4.47. The number of rotatable bonds is 1. The number of hydrogen-bond acceptors (Lipinski definition) is 3. The zero-order chi connectivity index (χ0) is 11.8. The number of aromatic nitrogens is 3. The molecule has 0 spiro atoms. The van der Waals surface area contributed by atoms with Crippen molar-refractivity contribution in [1.82, 2.24) is 20.3 Å². The quantitative estimate of drug-likeness (QED) is 0.785. The first-order valence-electron chi connectivity index (χ1n) is 5.99. The number of aryl methyl sites for hydroxylation is 1. The second-order valence-corrected chi connectivity index (χ2v) is 4.60. The van der Waals surface area contributed by atoms with Gasteiger partial charge in [0, 0.05) is 17.6 Å². The molecular formula is C13H16N4. The Morgan fingerprint density at radius 2 is 2.24 bits per heavy atom.